The summed E-state index contributed by atoms with van der Waals surface area (Å²) in [5.74, 6) is -0.186. The Kier molecular flexibility index (Phi) is 7.85. The molecule has 138 valence electrons. The Labute approximate surface area is 148 Å². The van der Waals surface area contributed by atoms with E-state index in [1.54, 1.807) is 6.07 Å². The van der Waals surface area contributed by atoms with E-state index in [9.17, 15) is 14.0 Å². The van der Waals surface area contributed by atoms with E-state index >= 15 is 0 Å². The molecule has 0 saturated carbocycles. The zero-order chi connectivity index (χ0) is 18.1. The van der Waals surface area contributed by atoms with E-state index in [0.29, 0.717) is 25.9 Å². The van der Waals surface area contributed by atoms with Crippen molar-refractivity contribution in [1.29, 1.82) is 0 Å². The largest absolute Gasteiger partial charge is 0.389 e. The number of piperazine rings is 1. The number of aliphatic hydroxyl groups excluding tert-OH is 1. The maximum Gasteiger partial charge on any atom is 0.222 e. The molecule has 1 N–H and O–H groups in total. The molecule has 25 heavy (non-hydrogen) atoms. The Morgan fingerprint density at radius 2 is 1.68 bits per heavy atom. The summed E-state index contributed by atoms with van der Waals surface area (Å²) in [6, 6.07) is 6.56. The van der Waals surface area contributed by atoms with Crippen molar-refractivity contribution in [1.82, 2.24) is 4.90 Å². The molecule has 1 aromatic rings. The minimum Gasteiger partial charge on any atom is -0.389 e. The Hall–Kier alpha value is -1.95. The van der Waals surface area contributed by atoms with Crippen molar-refractivity contribution < 1.29 is 19.1 Å². The fraction of sp³-hybridized carbons (Fsp3) is 0.579. The molecule has 6 heteroatoms. The fourth-order valence-electron chi connectivity index (χ4n) is 3.08. The second kappa shape index (κ2) is 10.1. The lowest BCUT2D eigenvalue weighted by Crippen LogP contribution is -2.48. The highest BCUT2D eigenvalue weighted by atomic mass is 19.1. The van der Waals surface area contributed by atoms with Gasteiger partial charge in [0.15, 0.2) is 5.78 Å². The summed E-state index contributed by atoms with van der Waals surface area (Å²) >= 11 is 0. The van der Waals surface area contributed by atoms with Crippen molar-refractivity contribution in [2.75, 3.05) is 37.7 Å². The number of anilines is 1. The molecule has 1 amide bonds. The number of hydrogen-bond acceptors (Lipinski definition) is 4. The van der Waals surface area contributed by atoms with Crippen molar-refractivity contribution in [3.05, 3.63) is 30.1 Å². The van der Waals surface area contributed by atoms with Gasteiger partial charge in [0.2, 0.25) is 5.91 Å². The van der Waals surface area contributed by atoms with Gasteiger partial charge in [0.25, 0.3) is 0 Å². The van der Waals surface area contributed by atoms with Crippen LogP contribution in [0.15, 0.2) is 24.3 Å². The minimum atomic E-state index is -0.375. The molecule has 0 atom stereocenters. The maximum atomic E-state index is 13.3. The first-order chi connectivity index (χ1) is 12.1. The third-order valence-electron chi connectivity index (χ3n) is 4.58. The Balaban J connectivity index is 1.62. The molecule has 0 radical (unpaired) electrons. The summed E-state index contributed by atoms with van der Waals surface area (Å²) in [5.41, 5.74) is 0.865. The number of halogens is 1. The van der Waals surface area contributed by atoms with Gasteiger partial charge in [0, 0.05) is 44.7 Å². The zero-order valence-electron chi connectivity index (χ0n) is 14.6. The number of Topliss-reactive ketones (excluding diaryl/α,β-unsaturated/α-hetero) is 1. The first-order valence-electron chi connectivity index (χ1n) is 9.01. The number of unbranched alkanes of at least 4 members (excludes halogenated alkanes) is 3. The molecule has 1 aromatic carbocycles. The Bertz CT molecular complexity index is 572. The normalized spacial score (nSPS) is 14.6. The van der Waals surface area contributed by atoms with Crippen LogP contribution in [0, 0.1) is 5.82 Å². The summed E-state index contributed by atoms with van der Waals surface area (Å²) in [6.07, 6.45) is 4.40. The topological polar surface area (TPSA) is 60.9 Å². The van der Waals surface area contributed by atoms with Crippen LogP contribution in [0.5, 0.6) is 0 Å². The van der Waals surface area contributed by atoms with Crippen LogP contribution >= 0.6 is 0 Å². The lowest BCUT2D eigenvalue weighted by molar-refractivity contribution is -0.131. The Morgan fingerprint density at radius 3 is 2.32 bits per heavy atom. The number of hydrogen-bond donors (Lipinski definition) is 1. The van der Waals surface area contributed by atoms with E-state index < -0.39 is 0 Å². The van der Waals surface area contributed by atoms with Gasteiger partial charge in [0.05, 0.1) is 0 Å². The number of benzene rings is 1. The van der Waals surface area contributed by atoms with Gasteiger partial charge in [-0.05, 0) is 31.0 Å². The number of nitrogens with zero attached hydrogens (tertiary/aromatic N) is 2. The smallest absolute Gasteiger partial charge is 0.222 e. The van der Waals surface area contributed by atoms with Crippen molar-refractivity contribution in [2.24, 2.45) is 0 Å². The molecule has 0 spiro atoms. The summed E-state index contributed by atoms with van der Waals surface area (Å²) in [7, 11) is 0. The first-order valence-corrected chi connectivity index (χ1v) is 9.01. The van der Waals surface area contributed by atoms with Gasteiger partial charge in [0.1, 0.15) is 12.4 Å². The minimum absolute atomic E-state index is 0.118. The highest BCUT2D eigenvalue weighted by molar-refractivity contribution is 5.79. The van der Waals surface area contributed by atoms with E-state index in [2.05, 4.69) is 4.90 Å². The third-order valence-corrected chi connectivity index (χ3v) is 4.58. The van der Waals surface area contributed by atoms with Crippen molar-refractivity contribution in [3.8, 4) is 0 Å². The first kappa shape index (κ1) is 19.4. The van der Waals surface area contributed by atoms with E-state index in [-0.39, 0.29) is 24.1 Å². The van der Waals surface area contributed by atoms with E-state index in [4.69, 9.17) is 5.11 Å². The van der Waals surface area contributed by atoms with Gasteiger partial charge in [-0.25, -0.2) is 4.39 Å². The fourth-order valence-corrected chi connectivity index (χ4v) is 3.08. The van der Waals surface area contributed by atoms with Crippen molar-refractivity contribution in [3.63, 3.8) is 0 Å². The average molecular weight is 350 g/mol. The van der Waals surface area contributed by atoms with Crippen molar-refractivity contribution >= 4 is 17.4 Å². The van der Waals surface area contributed by atoms with Crippen LogP contribution in [0.25, 0.3) is 0 Å². The van der Waals surface area contributed by atoms with Crippen LogP contribution in [-0.2, 0) is 9.59 Å². The molecular weight excluding hydrogens is 323 g/mol. The molecule has 1 saturated heterocycles. The molecule has 5 nitrogen and oxygen atoms in total. The van der Waals surface area contributed by atoms with Crippen molar-refractivity contribution in [2.45, 2.75) is 38.5 Å². The molecule has 0 bridgehead atoms. The van der Waals surface area contributed by atoms with Crippen LogP contribution in [0.1, 0.15) is 38.5 Å². The van der Waals surface area contributed by atoms with E-state index in [1.165, 1.54) is 12.1 Å². The van der Waals surface area contributed by atoms with Crippen LogP contribution in [0.3, 0.4) is 0 Å². The van der Waals surface area contributed by atoms with Crippen LogP contribution in [-0.4, -0.2) is 54.5 Å². The van der Waals surface area contributed by atoms with Gasteiger partial charge in [-0.1, -0.05) is 18.9 Å². The molecule has 1 aliphatic heterocycles. The number of aliphatic hydroxyl groups is 1. The van der Waals surface area contributed by atoms with Crippen LogP contribution in [0.4, 0.5) is 10.1 Å². The number of carbonyl (C=O) groups is 2. The number of carbonyl (C=O) groups excluding carboxylic acids is 2. The summed E-state index contributed by atoms with van der Waals surface area (Å²) in [6.45, 7) is 2.40. The number of amides is 1. The molecule has 1 fully saturated rings. The predicted octanol–water partition coefficient (Wildman–Crippen LogP) is 2.38. The highest BCUT2D eigenvalue weighted by Gasteiger charge is 2.21. The number of ketones is 1. The monoisotopic (exact) mass is 350 g/mol. The van der Waals surface area contributed by atoms with Gasteiger partial charge < -0.3 is 14.9 Å². The molecule has 0 aliphatic carbocycles. The summed E-state index contributed by atoms with van der Waals surface area (Å²) in [4.78, 5) is 27.2. The summed E-state index contributed by atoms with van der Waals surface area (Å²) < 4.78 is 13.3. The second-order valence-electron chi connectivity index (χ2n) is 6.46. The van der Waals surface area contributed by atoms with Gasteiger partial charge in [-0.2, -0.15) is 0 Å². The lowest BCUT2D eigenvalue weighted by atomic mass is 10.1. The number of rotatable bonds is 9. The zero-order valence-corrected chi connectivity index (χ0v) is 14.6. The second-order valence-corrected chi connectivity index (χ2v) is 6.46. The third kappa shape index (κ3) is 6.46. The van der Waals surface area contributed by atoms with Gasteiger partial charge in [-0.15, -0.1) is 0 Å². The van der Waals surface area contributed by atoms with E-state index in [0.717, 1.165) is 44.5 Å². The van der Waals surface area contributed by atoms with E-state index in [1.807, 2.05) is 11.0 Å². The molecule has 2 rings (SSSR count). The standard InChI is InChI=1S/C19H27FN2O3/c20-16-6-5-7-17(14-16)21-10-12-22(13-11-21)19(25)9-4-2-1-3-8-18(24)15-23/h5-7,14,23H,1-4,8-13,15H2. The molecule has 0 unspecified atom stereocenters. The quantitative estimate of drug-likeness (QED) is 0.695. The van der Waals surface area contributed by atoms with Crippen LogP contribution in [0.2, 0.25) is 0 Å². The summed E-state index contributed by atoms with van der Waals surface area (Å²) in [5, 5.41) is 8.64. The predicted molar refractivity (Wildman–Crippen MR) is 95.0 cm³/mol. The maximum absolute atomic E-state index is 13.3. The SMILES string of the molecule is O=C(CO)CCCCCCC(=O)N1CCN(c2cccc(F)c2)CC1. The highest BCUT2D eigenvalue weighted by Crippen LogP contribution is 2.18. The molecular formula is C19H27FN2O3. The molecule has 0 aromatic heterocycles. The van der Waals surface area contributed by atoms with Gasteiger partial charge in [-0.3, -0.25) is 9.59 Å². The molecule has 1 aliphatic rings. The Morgan fingerprint density at radius 1 is 1.00 bits per heavy atom. The van der Waals surface area contributed by atoms with Crippen LogP contribution < -0.4 is 4.90 Å². The average Bonchev–Trinajstić information content (AvgIpc) is 2.64. The lowest BCUT2D eigenvalue weighted by Gasteiger charge is -2.36. The molecule has 1 heterocycles. The van der Waals surface area contributed by atoms with Gasteiger partial charge >= 0.3 is 0 Å².